The van der Waals surface area contributed by atoms with Crippen molar-refractivity contribution >= 4 is 23.5 Å². The molecule has 1 fully saturated rings. The van der Waals surface area contributed by atoms with Crippen molar-refractivity contribution in [2.24, 2.45) is 0 Å². The summed E-state index contributed by atoms with van der Waals surface area (Å²) in [4.78, 5) is 38.1. The number of carbonyl (C=O) groups excluding carboxylic acids is 3. The van der Waals surface area contributed by atoms with Crippen molar-refractivity contribution in [3.05, 3.63) is 29.8 Å². The predicted octanol–water partition coefficient (Wildman–Crippen LogP) is 1.83. The van der Waals surface area contributed by atoms with E-state index in [0.717, 1.165) is 12.8 Å². The molecule has 1 atom stereocenters. The van der Waals surface area contributed by atoms with Gasteiger partial charge in [0.2, 0.25) is 5.91 Å². The van der Waals surface area contributed by atoms with E-state index in [1.807, 2.05) is 6.92 Å². The Balaban J connectivity index is 2.11. The summed E-state index contributed by atoms with van der Waals surface area (Å²) in [6.07, 6.45) is 2.34. The summed E-state index contributed by atoms with van der Waals surface area (Å²) in [6.45, 7) is 2.74. The van der Waals surface area contributed by atoms with Gasteiger partial charge in [-0.1, -0.05) is 6.07 Å². The van der Waals surface area contributed by atoms with Crippen LogP contribution in [0.2, 0.25) is 0 Å². The zero-order chi connectivity index (χ0) is 18.2. The Morgan fingerprint density at radius 1 is 1.28 bits per heavy atom. The summed E-state index contributed by atoms with van der Waals surface area (Å²) in [5, 5.41) is 2.69. The Hall–Kier alpha value is -2.41. The van der Waals surface area contributed by atoms with Crippen LogP contribution in [0.3, 0.4) is 0 Å². The molecule has 1 N–H and O–H groups in total. The molecule has 25 heavy (non-hydrogen) atoms. The van der Waals surface area contributed by atoms with E-state index in [1.54, 1.807) is 29.2 Å². The van der Waals surface area contributed by atoms with Gasteiger partial charge < -0.3 is 19.7 Å². The molecule has 1 unspecified atom stereocenters. The van der Waals surface area contributed by atoms with Gasteiger partial charge in [-0.25, -0.2) is 4.79 Å². The number of anilines is 1. The van der Waals surface area contributed by atoms with Crippen LogP contribution >= 0.6 is 0 Å². The van der Waals surface area contributed by atoms with E-state index < -0.39 is 12.0 Å². The number of amides is 2. The first kappa shape index (κ1) is 18.9. The van der Waals surface area contributed by atoms with Crippen LogP contribution in [0, 0.1) is 0 Å². The monoisotopic (exact) mass is 348 g/mol. The summed E-state index contributed by atoms with van der Waals surface area (Å²) in [6, 6.07) is 6.12. The minimum Gasteiger partial charge on any atom is -0.467 e. The van der Waals surface area contributed by atoms with Crippen LogP contribution in [0.25, 0.3) is 0 Å². The minimum atomic E-state index is -0.553. The van der Waals surface area contributed by atoms with Gasteiger partial charge in [-0.15, -0.1) is 0 Å². The van der Waals surface area contributed by atoms with Crippen molar-refractivity contribution < 1.29 is 23.9 Å². The third-order valence-electron chi connectivity index (χ3n) is 4.07. The lowest BCUT2D eigenvalue weighted by molar-refractivity contribution is -0.147. The number of hydrogen-bond donors (Lipinski definition) is 1. The van der Waals surface area contributed by atoms with Crippen molar-refractivity contribution in [3.63, 3.8) is 0 Å². The molecule has 1 aromatic rings. The second-order valence-electron chi connectivity index (χ2n) is 5.80. The number of nitrogens with one attached hydrogen (secondary N) is 1. The van der Waals surface area contributed by atoms with Crippen LogP contribution in [0.5, 0.6) is 0 Å². The van der Waals surface area contributed by atoms with Crippen LogP contribution in [0.1, 0.15) is 36.5 Å². The molecule has 0 bridgehead atoms. The van der Waals surface area contributed by atoms with Gasteiger partial charge in [0.25, 0.3) is 5.91 Å². The first-order chi connectivity index (χ1) is 12.1. The number of hydrogen-bond acceptors (Lipinski definition) is 5. The first-order valence-electron chi connectivity index (χ1n) is 8.43. The van der Waals surface area contributed by atoms with Gasteiger partial charge in [0, 0.05) is 24.4 Å². The zero-order valence-electron chi connectivity index (χ0n) is 14.6. The summed E-state index contributed by atoms with van der Waals surface area (Å²) >= 11 is 0. The molecule has 0 spiro atoms. The van der Waals surface area contributed by atoms with Crippen LogP contribution < -0.4 is 5.32 Å². The third kappa shape index (κ3) is 5.03. The van der Waals surface area contributed by atoms with E-state index in [2.05, 4.69) is 5.32 Å². The maximum absolute atomic E-state index is 12.8. The molecule has 0 radical (unpaired) electrons. The molecule has 2 rings (SSSR count). The Morgan fingerprint density at radius 2 is 2.08 bits per heavy atom. The van der Waals surface area contributed by atoms with Gasteiger partial charge in [-0.3, -0.25) is 9.59 Å². The molecule has 7 nitrogen and oxygen atoms in total. The maximum atomic E-state index is 12.8. The number of methoxy groups -OCH3 is 1. The number of esters is 1. The van der Waals surface area contributed by atoms with E-state index in [-0.39, 0.29) is 18.4 Å². The normalized spacial score (nSPS) is 17.0. The number of carbonyl (C=O) groups is 3. The SMILES string of the molecule is CCOCC(=O)Nc1cccc(C(=O)N2CCCCC2C(=O)OC)c1. The van der Waals surface area contributed by atoms with Gasteiger partial charge >= 0.3 is 5.97 Å². The molecule has 0 aliphatic carbocycles. The highest BCUT2D eigenvalue weighted by Gasteiger charge is 2.33. The fourth-order valence-corrected chi connectivity index (χ4v) is 2.84. The van der Waals surface area contributed by atoms with Crippen LogP contribution in [-0.4, -0.2) is 55.6 Å². The predicted molar refractivity (Wildman–Crippen MR) is 92.3 cm³/mol. The van der Waals surface area contributed by atoms with E-state index in [4.69, 9.17) is 9.47 Å². The summed E-state index contributed by atoms with van der Waals surface area (Å²) in [7, 11) is 1.33. The lowest BCUT2D eigenvalue weighted by Crippen LogP contribution is -2.48. The lowest BCUT2D eigenvalue weighted by atomic mass is 10.0. The van der Waals surface area contributed by atoms with Gasteiger partial charge in [-0.2, -0.15) is 0 Å². The number of nitrogens with zero attached hydrogens (tertiary/aromatic N) is 1. The maximum Gasteiger partial charge on any atom is 0.328 e. The average molecular weight is 348 g/mol. The van der Waals surface area contributed by atoms with Crippen molar-refractivity contribution in [1.82, 2.24) is 4.90 Å². The Morgan fingerprint density at radius 3 is 2.80 bits per heavy atom. The lowest BCUT2D eigenvalue weighted by Gasteiger charge is -2.33. The highest BCUT2D eigenvalue weighted by atomic mass is 16.5. The van der Waals surface area contributed by atoms with E-state index in [9.17, 15) is 14.4 Å². The van der Waals surface area contributed by atoms with Crippen LogP contribution in [0.4, 0.5) is 5.69 Å². The van der Waals surface area contributed by atoms with E-state index in [0.29, 0.717) is 30.8 Å². The molecule has 2 amide bonds. The number of ether oxygens (including phenoxy) is 2. The Kier molecular flexibility index (Phi) is 6.94. The topological polar surface area (TPSA) is 84.9 Å². The van der Waals surface area contributed by atoms with Crippen LogP contribution in [-0.2, 0) is 19.1 Å². The average Bonchev–Trinajstić information content (AvgIpc) is 2.65. The summed E-state index contributed by atoms with van der Waals surface area (Å²) in [5.41, 5.74) is 0.937. The molecule has 1 aromatic carbocycles. The molecule has 7 heteroatoms. The van der Waals surface area contributed by atoms with Crippen molar-refractivity contribution in [1.29, 1.82) is 0 Å². The highest BCUT2D eigenvalue weighted by molar-refractivity contribution is 5.99. The molecular formula is C18H24N2O5. The van der Waals surface area contributed by atoms with Gasteiger partial charge in [0.05, 0.1) is 7.11 Å². The molecular weight excluding hydrogens is 324 g/mol. The molecule has 1 aliphatic rings. The number of benzene rings is 1. The smallest absolute Gasteiger partial charge is 0.328 e. The third-order valence-corrected chi connectivity index (χ3v) is 4.07. The Labute approximate surface area is 147 Å². The number of rotatable bonds is 6. The van der Waals surface area contributed by atoms with Gasteiger partial charge in [-0.05, 0) is 44.4 Å². The highest BCUT2D eigenvalue weighted by Crippen LogP contribution is 2.22. The van der Waals surface area contributed by atoms with E-state index >= 15 is 0 Å². The summed E-state index contributed by atoms with van der Waals surface area (Å²) < 4.78 is 9.87. The number of piperidine rings is 1. The quantitative estimate of drug-likeness (QED) is 0.793. The Bertz CT molecular complexity index is 632. The largest absolute Gasteiger partial charge is 0.467 e. The molecule has 0 saturated carbocycles. The second-order valence-corrected chi connectivity index (χ2v) is 5.80. The van der Waals surface area contributed by atoms with Crippen LogP contribution in [0.15, 0.2) is 24.3 Å². The fraction of sp³-hybridized carbons (Fsp3) is 0.500. The molecule has 1 saturated heterocycles. The molecule has 1 aliphatic heterocycles. The van der Waals surface area contributed by atoms with E-state index in [1.165, 1.54) is 7.11 Å². The second kappa shape index (κ2) is 9.17. The molecule has 1 heterocycles. The standard InChI is InChI=1S/C18H24N2O5/c1-3-25-12-16(21)19-14-8-6-7-13(11-14)17(22)20-10-5-4-9-15(20)18(23)24-2/h6-8,11,15H,3-5,9-10,12H2,1-2H3,(H,19,21). The first-order valence-corrected chi connectivity index (χ1v) is 8.43. The fourth-order valence-electron chi connectivity index (χ4n) is 2.84. The molecule has 136 valence electrons. The number of likely N-dealkylation sites (tertiary alicyclic amines) is 1. The van der Waals surface area contributed by atoms with Crippen molar-refractivity contribution in [3.8, 4) is 0 Å². The van der Waals surface area contributed by atoms with Crippen molar-refractivity contribution in [2.45, 2.75) is 32.2 Å². The van der Waals surface area contributed by atoms with Gasteiger partial charge in [0.1, 0.15) is 12.6 Å². The van der Waals surface area contributed by atoms with Gasteiger partial charge in [0.15, 0.2) is 0 Å². The molecule has 0 aromatic heterocycles. The minimum absolute atomic E-state index is 0.0365. The zero-order valence-corrected chi connectivity index (χ0v) is 14.6. The van der Waals surface area contributed by atoms with Crippen molar-refractivity contribution in [2.75, 3.05) is 32.2 Å². The summed E-state index contributed by atoms with van der Waals surface area (Å²) in [5.74, 6) is -0.915.